The molecule has 0 bridgehead atoms. The third-order valence-corrected chi connectivity index (χ3v) is 3.41. The van der Waals surface area contributed by atoms with E-state index in [0.717, 1.165) is 24.0 Å². The van der Waals surface area contributed by atoms with Gasteiger partial charge in [-0.25, -0.2) is 9.79 Å². The zero-order valence-electron chi connectivity index (χ0n) is 11.4. The average molecular weight is 281 g/mol. The van der Waals surface area contributed by atoms with Gasteiger partial charge in [-0.05, 0) is 48.2 Å². The van der Waals surface area contributed by atoms with E-state index in [0.29, 0.717) is 17.0 Å². The van der Waals surface area contributed by atoms with Crippen molar-refractivity contribution in [2.75, 3.05) is 0 Å². The van der Waals surface area contributed by atoms with Crippen LogP contribution in [0.4, 0.5) is 5.69 Å². The number of esters is 1. The van der Waals surface area contributed by atoms with Crippen LogP contribution in [0.25, 0.3) is 0 Å². The van der Waals surface area contributed by atoms with E-state index in [1.54, 1.807) is 12.1 Å². The van der Waals surface area contributed by atoms with Crippen molar-refractivity contribution in [3.8, 4) is 5.75 Å². The lowest BCUT2D eigenvalue weighted by atomic mass is 9.97. The van der Waals surface area contributed by atoms with Crippen LogP contribution in [0.3, 0.4) is 0 Å². The van der Waals surface area contributed by atoms with E-state index >= 15 is 0 Å². The van der Waals surface area contributed by atoms with Crippen LogP contribution in [0.15, 0.2) is 47.5 Å². The van der Waals surface area contributed by atoms with Crippen LogP contribution < -0.4 is 16.2 Å². The van der Waals surface area contributed by atoms with Gasteiger partial charge in [0.05, 0.1) is 11.3 Å². The van der Waals surface area contributed by atoms with Crippen molar-refractivity contribution in [2.24, 2.45) is 16.5 Å². The SMILES string of the molecule is NC(N)=Nc1ccc2c(c1)CCc1ccccc1OC2=O. The van der Waals surface area contributed by atoms with Crippen LogP contribution in [0.5, 0.6) is 5.75 Å². The molecule has 0 fully saturated rings. The Bertz CT molecular complexity index is 734. The number of guanidine groups is 1. The minimum Gasteiger partial charge on any atom is -0.423 e. The molecule has 3 rings (SSSR count). The van der Waals surface area contributed by atoms with Gasteiger partial charge in [-0.1, -0.05) is 18.2 Å². The number of nitrogens with zero attached hydrogens (tertiary/aromatic N) is 1. The van der Waals surface area contributed by atoms with E-state index in [9.17, 15) is 4.79 Å². The molecule has 0 spiro atoms. The first-order valence-corrected chi connectivity index (χ1v) is 6.66. The summed E-state index contributed by atoms with van der Waals surface area (Å²) in [6.07, 6.45) is 1.52. The molecule has 0 saturated carbocycles. The summed E-state index contributed by atoms with van der Waals surface area (Å²) < 4.78 is 5.46. The molecule has 0 aromatic heterocycles. The number of nitrogens with two attached hydrogens (primary N) is 2. The summed E-state index contributed by atoms with van der Waals surface area (Å²) >= 11 is 0. The molecule has 2 aromatic carbocycles. The number of aliphatic imine (C=N–C) groups is 1. The van der Waals surface area contributed by atoms with Gasteiger partial charge in [0, 0.05) is 0 Å². The Balaban J connectivity index is 2.01. The number of ether oxygens (including phenoxy) is 1. The van der Waals surface area contributed by atoms with E-state index in [1.165, 1.54) is 0 Å². The summed E-state index contributed by atoms with van der Waals surface area (Å²) in [6, 6.07) is 12.8. The second-order valence-electron chi connectivity index (χ2n) is 4.88. The number of para-hydroxylation sites is 1. The van der Waals surface area contributed by atoms with Crippen molar-refractivity contribution in [2.45, 2.75) is 12.8 Å². The van der Waals surface area contributed by atoms with Gasteiger partial charge in [0.15, 0.2) is 5.96 Å². The van der Waals surface area contributed by atoms with Crippen LogP contribution in [0.1, 0.15) is 21.5 Å². The molecule has 4 N–H and O–H groups in total. The highest BCUT2D eigenvalue weighted by Crippen LogP contribution is 2.27. The van der Waals surface area contributed by atoms with Crippen LogP contribution in [0.2, 0.25) is 0 Å². The number of rotatable bonds is 1. The summed E-state index contributed by atoms with van der Waals surface area (Å²) in [5, 5.41) is 0. The number of carbonyl (C=O) groups is 1. The highest BCUT2D eigenvalue weighted by Gasteiger charge is 2.19. The molecule has 1 heterocycles. The van der Waals surface area contributed by atoms with Gasteiger partial charge in [0.1, 0.15) is 5.75 Å². The summed E-state index contributed by atoms with van der Waals surface area (Å²) in [4.78, 5) is 16.3. The van der Waals surface area contributed by atoms with Gasteiger partial charge in [0.25, 0.3) is 0 Å². The maximum absolute atomic E-state index is 12.2. The molecule has 2 aromatic rings. The Hall–Kier alpha value is -2.82. The fourth-order valence-electron chi connectivity index (χ4n) is 2.44. The molecule has 0 atom stereocenters. The minimum absolute atomic E-state index is 0.00582. The third kappa shape index (κ3) is 2.72. The summed E-state index contributed by atoms with van der Waals surface area (Å²) in [6.45, 7) is 0. The second-order valence-corrected chi connectivity index (χ2v) is 4.88. The molecule has 0 amide bonds. The maximum Gasteiger partial charge on any atom is 0.343 e. The van der Waals surface area contributed by atoms with Gasteiger partial charge in [-0.2, -0.15) is 0 Å². The standard InChI is InChI=1S/C16H15N3O2/c17-16(18)19-12-7-8-13-11(9-12)6-5-10-3-1-2-4-14(10)21-15(13)20/h1-4,7-9H,5-6H2,(H4,17,18,19). The summed E-state index contributed by atoms with van der Waals surface area (Å²) in [7, 11) is 0. The highest BCUT2D eigenvalue weighted by molar-refractivity contribution is 5.93. The Labute approximate surface area is 122 Å². The van der Waals surface area contributed by atoms with Gasteiger partial charge in [-0.15, -0.1) is 0 Å². The van der Waals surface area contributed by atoms with Crippen molar-refractivity contribution in [1.29, 1.82) is 0 Å². The lowest BCUT2D eigenvalue weighted by Crippen LogP contribution is -2.22. The first kappa shape index (κ1) is 13.2. The lowest BCUT2D eigenvalue weighted by molar-refractivity contribution is 0.0730. The highest BCUT2D eigenvalue weighted by atomic mass is 16.5. The van der Waals surface area contributed by atoms with Crippen molar-refractivity contribution < 1.29 is 9.53 Å². The molecule has 0 aliphatic carbocycles. The number of hydrogen-bond donors (Lipinski definition) is 2. The van der Waals surface area contributed by atoms with Crippen molar-refractivity contribution in [3.63, 3.8) is 0 Å². The van der Waals surface area contributed by atoms with E-state index in [4.69, 9.17) is 16.2 Å². The number of aryl methyl sites for hydroxylation is 2. The molecule has 21 heavy (non-hydrogen) atoms. The van der Waals surface area contributed by atoms with Gasteiger partial charge in [-0.3, -0.25) is 0 Å². The summed E-state index contributed by atoms with van der Waals surface area (Å²) in [5.74, 6) is 0.267. The molecule has 106 valence electrons. The van der Waals surface area contributed by atoms with Crippen LogP contribution >= 0.6 is 0 Å². The van der Waals surface area contributed by atoms with Crippen molar-refractivity contribution in [1.82, 2.24) is 0 Å². The van der Waals surface area contributed by atoms with Crippen molar-refractivity contribution in [3.05, 3.63) is 59.2 Å². The zero-order chi connectivity index (χ0) is 14.8. The maximum atomic E-state index is 12.2. The summed E-state index contributed by atoms with van der Waals surface area (Å²) in [5.41, 5.74) is 13.9. The van der Waals surface area contributed by atoms with Crippen LogP contribution in [-0.2, 0) is 12.8 Å². The van der Waals surface area contributed by atoms with E-state index in [1.807, 2.05) is 30.3 Å². The van der Waals surface area contributed by atoms with Gasteiger partial charge in [0.2, 0.25) is 0 Å². The topological polar surface area (TPSA) is 90.7 Å². The number of carbonyl (C=O) groups excluding carboxylic acids is 1. The van der Waals surface area contributed by atoms with Gasteiger partial charge < -0.3 is 16.2 Å². The smallest absolute Gasteiger partial charge is 0.343 e. The molecule has 0 radical (unpaired) electrons. The fraction of sp³-hybridized carbons (Fsp3) is 0.125. The number of fused-ring (bicyclic) bond motifs is 2. The first-order chi connectivity index (χ1) is 10.1. The molecule has 0 saturated heterocycles. The predicted octanol–water partition coefficient (Wildman–Crippen LogP) is 1.91. The molecular weight excluding hydrogens is 266 g/mol. The molecule has 0 unspecified atom stereocenters. The van der Waals surface area contributed by atoms with E-state index in [2.05, 4.69) is 4.99 Å². The first-order valence-electron chi connectivity index (χ1n) is 6.66. The normalized spacial score (nSPS) is 13.2. The third-order valence-electron chi connectivity index (χ3n) is 3.41. The zero-order valence-corrected chi connectivity index (χ0v) is 11.4. The van der Waals surface area contributed by atoms with E-state index in [-0.39, 0.29) is 11.9 Å². The number of benzene rings is 2. The molecular formula is C16H15N3O2. The molecule has 5 heteroatoms. The Morgan fingerprint density at radius 1 is 1.05 bits per heavy atom. The molecule has 1 aliphatic heterocycles. The Morgan fingerprint density at radius 3 is 2.62 bits per heavy atom. The second kappa shape index (κ2) is 5.28. The predicted molar refractivity (Wildman–Crippen MR) is 80.7 cm³/mol. The van der Waals surface area contributed by atoms with Crippen LogP contribution in [-0.4, -0.2) is 11.9 Å². The molecule has 5 nitrogen and oxygen atoms in total. The lowest BCUT2D eigenvalue weighted by Gasteiger charge is -2.16. The Morgan fingerprint density at radius 2 is 1.81 bits per heavy atom. The molecule has 1 aliphatic rings. The van der Waals surface area contributed by atoms with E-state index < -0.39 is 0 Å². The largest absolute Gasteiger partial charge is 0.423 e. The quantitative estimate of drug-likeness (QED) is 0.361. The van der Waals surface area contributed by atoms with Crippen LogP contribution in [0, 0.1) is 0 Å². The van der Waals surface area contributed by atoms with Gasteiger partial charge >= 0.3 is 5.97 Å². The van der Waals surface area contributed by atoms with Crippen molar-refractivity contribution >= 4 is 17.6 Å². The fourth-order valence-corrected chi connectivity index (χ4v) is 2.44. The monoisotopic (exact) mass is 281 g/mol. The minimum atomic E-state index is -0.353. The average Bonchev–Trinajstić information content (AvgIpc) is 2.44. The number of hydrogen-bond acceptors (Lipinski definition) is 3. The Kier molecular flexibility index (Phi) is 3.31.